The average molecular weight is 265 g/mol. The summed E-state index contributed by atoms with van der Waals surface area (Å²) >= 11 is 0. The number of likely N-dealkylation sites (tertiary alicyclic amines) is 1. The predicted octanol–water partition coefficient (Wildman–Crippen LogP) is 1.98. The molecule has 0 aromatic carbocycles. The van der Waals surface area contributed by atoms with E-state index in [1.54, 1.807) is 0 Å². The first kappa shape index (κ1) is 14.5. The average Bonchev–Trinajstić information content (AvgIpc) is 2.65. The van der Waals surface area contributed by atoms with E-state index in [1.165, 1.54) is 5.69 Å². The highest BCUT2D eigenvalue weighted by Gasteiger charge is 2.47. The number of hydrogen-bond acceptors (Lipinski definition) is 3. The third-order valence-corrected chi connectivity index (χ3v) is 4.56. The van der Waals surface area contributed by atoms with Crippen molar-refractivity contribution in [1.82, 2.24) is 14.7 Å². The van der Waals surface area contributed by atoms with Crippen LogP contribution in [-0.2, 0) is 6.54 Å². The van der Waals surface area contributed by atoms with Gasteiger partial charge in [0.2, 0.25) is 0 Å². The molecule has 1 aromatic rings. The van der Waals surface area contributed by atoms with Gasteiger partial charge in [0, 0.05) is 37.3 Å². The van der Waals surface area contributed by atoms with Gasteiger partial charge in [-0.3, -0.25) is 9.58 Å². The van der Waals surface area contributed by atoms with Gasteiger partial charge in [-0.1, -0.05) is 13.8 Å². The van der Waals surface area contributed by atoms with Crippen LogP contribution in [0.5, 0.6) is 0 Å². The third kappa shape index (κ3) is 3.00. The molecule has 1 N–H and O–H groups in total. The molecule has 0 aliphatic carbocycles. The summed E-state index contributed by atoms with van der Waals surface area (Å²) in [6.45, 7) is 14.1. The van der Waals surface area contributed by atoms with Crippen LogP contribution in [-0.4, -0.2) is 45.0 Å². The maximum atomic E-state index is 10.4. The Hall–Kier alpha value is -0.870. The van der Waals surface area contributed by atoms with E-state index in [1.807, 2.05) is 13.8 Å². The number of aromatic nitrogens is 2. The Labute approximate surface area is 116 Å². The minimum Gasteiger partial charge on any atom is -0.388 e. The van der Waals surface area contributed by atoms with Crippen LogP contribution < -0.4 is 0 Å². The van der Waals surface area contributed by atoms with Crippen LogP contribution in [0, 0.1) is 19.3 Å². The normalized spacial score (nSPS) is 27.1. The summed E-state index contributed by atoms with van der Waals surface area (Å²) in [4.78, 5) is 2.37. The Kier molecular flexibility index (Phi) is 3.76. The number of aryl methyl sites for hydroxylation is 3. The lowest BCUT2D eigenvalue weighted by Crippen LogP contribution is -2.40. The molecule has 0 spiro atoms. The molecule has 0 unspecified atom stereocenters. The van der Waals surface area contributed by atoms with Gasteiger partial charge in [0.15, 0.2) is 0 Å². The molecule has 4 heteroatoms. The molecule has 0 radical (unpaired) electrons. The highest BCUT2D eigenvalue weighted by atomic mass is 16.3. The second kappa shape index (κ2) is 4.91. The van der Waals surface area contributed by atoms with Crippen molar-refractivity contribution in [2.45, 2.75) is 53.2 Å². The lowest BCUT2D eigenvalue weighted by atomic mass is 9.79. The molecule has 1 saturated heterocycles. The number of nitrogens with zero attached hydrogens (tertiary/aromatic N) is 3. The quantitative estimate of drug-likeness (QED) is 0.905. The van der Waals surface area contributed by atoms with Crippen LogP contribution in [0.2, 0.25) is 0 Å². The molecule has 108 valence electrons. The van der Waals surface area contributed by atoms with Crippen molar-refractivity contribution in [2.75, 3.05) is 19.6 Å². The van der Waals surface area contributed by atoms with Gasteiger partial charge in [0.05, 0.1) is 11.3 Å². The van der Waals surface area contributed by atoms with Gasteiger partial charge >= 0.3 is 0 Å². The van der Waals surface area contributed by atoms with Crippen LogP contribution >= 0.6 is 0 Å². The van der Waals surface area contributed by atoms with Crippen LogP contribution in [0.1, 0.15) is 38.6 Å². The number of hydrogen-bond donors (Lipinski definition) is 1. The van der Waals surface area contributed by atoms with Crippen LogP contribution in [0.15, 0.2) is 6.07 Å². The molecule has 2 rings (SSSR count). The van der Waals surface area contributed by atoms with Crippen molar-refractivity contribution in [3.05, 3.63) is 17.5 Å². The van der Waals surface area contributed by atoms with Crippen molar-refractivity contribution in [1.29, 1.82) is 0 Å². The standard InChI is InChI=1S/C15H27N3O/c1-12-9-13(2)18(16-12)8-6-7-17-10-14(3,4)15(5,19)11-17/h9,19H,6-8,10-11H2,1-5H3/t15-/m1/s1. The van der Waals surface area contributed by atoms with E-state index in [4.69, 9.17) is 0 Å². The Morgan fingerprint density at radius 2 is 1.89 bits per heavy atom. The van der Waals surface area contributed by atoms with Crippen LogP contribution in [0.3, 0.4) is 0 Å². The molecular formula is C15H27N3O. The maximum Gasteiger partial charge on any atom is 0.0808 e. The van der Waals surface area contributed by atoms with Crippen molar-refractivity contribution < 1.29 is 5.11 Å². The van der Waals surface area contributed by atoms with Gasteiger partial charge in [-0.2, -0.15) is 5.10 Å². The zero-order valence-corrected chi connectivity index (χ0v) is 12.9. The number of β-amino-alcohol motifs (C(OH)–C–C–N with tert-alkyl or cyclic N) is 1. The Bertz CT molecular complexity index is 432. The fourth-order valence-electron chi connectivity index (χ4n) is 2.94. The first-order chi connectivity index (χ1) is 8.71. The smallest absolute Gasteiger partial charge is 0.0808 e. The van der Waals surface area contributed by atoms with Gasteiger partial charge < -0.3 is 5.11 Å². The van der Waals surface area contributed by atoms with E-state index >= 15 is 0 Å². The summed E-state index contributed by atoms with van der Waals surface area (Å²) < 4.78 is 2.08. The van der Waals surface area contributed by atoms with Crippen molar-refractivity contribution in [3.63, 3.8) is 0 Å². The second-order valence-corrected chi connectivity index (χ2v) is 6.87. The number of aliphatic hydroxyl groups is 1. The first-order valence-corrected chi connectivity index (χ1v) is 7.17. The van der Waals surface area contributed by atoms with Crippen molar-refractivity contribution >= 4 is 0 Å². The van der Waals surface area contributed by atoms with E-state index in [0.717, 1.165) is 38.3 Å². The molecule has 19 heavy (non-hydrogen) atoms. The minimum absolute atomic E-state index is 0.0226. The van der Waals surface area contributed by atoms with Gasteiger partial charge in [-0.15, -0.1) is 0 Å². The maximum absolute atomic E-state index is 10.4. The monoisotopic (exact) mass is 265 g/mol. The highest BCUT2D eigenvalue weighted by Crippen LogP contribution is 2.38. The second-order valence-electron chi connectivity index (χ2n) is 6.87. The Morgan fingerprint density at radius 3 is 2.37 bits per heavy atom. The largest absolute Gasteiger partial charge is 0.388 e. The van der Waals surface area contributed by atoms with E-state index < -0.39 is 5.60 Å². The fraction of sp³-hybridized carbons (Fsp3) is 0.800. The van der Waals surface area contributed by atoms with E-state index in [-0.39, 0.29) is 5.41 Å². The van der Waals surface area contributed by atoms with E-state index in [2.05, 4.69) is 41.5 Å². The van der Waals surface area contributed by atoms with Crippen molar-refractivity contribution in [2.24, 2.45) is 5.41 Å². The summed E-state index contributed by atoms with van der Waals surface area (Å²) in [6, 6.07) is 2.11. The molecule has 0 bridgehead atoms. The Morgan fingerprint density at radius 1 is 1.21 bits per heavy atom. The van der Waals surface area contributed by atoms with E-state index in [0.29, 0.717) is 0 Å². The molecule has 0 amide bonds. The van der Waals surface area contributed by atoms with E-state index in [9.17, 15) is 5.11 Å². The molecule has 0 saturated carbocycles. The molecule has 2 heterocycles. The summed E-state index contributed by atoms with van der Waals surface area (Å²) in [5.41, 5.74) is 1.71. The van der Waals surface area contributed by atoms with Gasteiger partial charge in [-0.05, 0) is 33.3 Å². The SMILES string of the molecule is Cc1cc(C)n(CCCN2CC(C)(C)[C@](C)(O)C2)n1. The highest BCUT2D eigenvalue weighted by molar-refractivity contribution is 5.06. The molecule has 1 aliphatic rings. The summed E-state index contributed by atoms with van der Waals surface area (Å²) in [7, 11) is 0. The molecular weight excluding hydrogens is 238 g/mol. The number of rotatable bonds is 4. The van der Waals surface area contributed by atoms with Gasteiger partial charge in [0.1, 0.15) is 0 Å². The zero-order valence-electron chi connectivity index (χ0n) is 12.9. The predicted molar refractivity (Wildman–Crippen MR) is 77.2 cm³/mol. The molecule has 1 aliphatic heterocycles. The molecule has 4 nitrogen and oxygen atoms in total. The third-order valence-electron chi connectivity index (χ3n) is 4.56. The fourth-order valence-corrected chi connectivity index (χ4v) is 2.94. The minimum atomic E-state index is -0.578. The molecule has 1 atom stereocenters. The van der Waals surface area contributed by atoms with Crippen molar-refractivity contribution in [3.8, 4) is 0 Å². The lowest BCUT2D eigenvalue weighted by molar-refractivity contribution is -0.0110. The summed E-state index contributed by atoms with van der Waals surface area (Å²) in [5.74, 6) is 0. The summed E-state index contributed by atoms with van der Waals surface area (Å²) in [5, 5.41) is 14.9. The zero-order chi connectivity index (χ0) is 14.3. The summed E-state index contributed by atoms with van der Waals surface area (Å²) in [6.07, 6.45) is 1.08. The lowest BCUT2D eigenvalue weighted by Gasteiger charge is -2.31. The first-order valence-electron chi connectivity index (χ1n) is 7.17. The van der Waals surface area contributed by atoms with Gasteiger partial charge in [-0.25, -0.2) is 0 Å². The van der Waals surface area contributed by atoms with Crippen LogP contribution in [0.25, 0.3) is 0 Å². The topological polar surface area (TPSA) is 41.3 Å². The van der Waals surface area contributed by atoms with Gasteiger partial charge in [0.25, 0.3) is 0 Å². The Balaban J connectivity index is 1.83. The molecule has 1 aromatic heterocycles. The van der Waals surface area contributed by atoms with Crippen LogP contribution in [0.4, 0.5) is 0 Å². The molecule has 1 fully saturated rings.